The predicted octanol–water partition coefficient (Wildman–Crippen LogP) is 5.81. The molecule has 1 amide bonds. The molecule has 3 atom stereocenters. The fourth-order valence-electron chi connectivity index (χ4n) is 6.02. The molecule has 2 aliphatic rings. The van der Waals surface area contributed by atoms with Crippen LogP contribution in [0.4, 0.5) is 5.69 Å². The second-order valence-corrected chi connectivity index (χ2v) is 10.6. The summed E-state index contributed by atoms with van der Waals surface area (Å²) in [6, 6.07) is 18.8. The maximum absolute atomic E-state index is 13.6. The van der Waals surface area contributed by atoms with Gasteiger partial charge in [0.05, 0.1) is 19.1 Å². The van der Waals surface area contributed by atoms with E-state index in [-0.39, 0.29) is 25.2 Å². The van der Waals surface area contributed by atoms with Crippen LogP contribution in [0.2, 0.25) is 0 Å². The van der Waals surface area contributed by atoms with Crippen LogP contribution < -0.4 is 19.5 Å². The maximum Gasteiger partial charge on any atom is 0.309 e. The van der Waals surface area contributed by atoms with Gasteiger partial charge in [0.1, 0.15) is 5.75 Å². The zero-order valence-electron chi connectivity index (χ0n) is 23.9. The van der Waals surface area contributed by atoms with Crippen LogP contribution in [0.1, 0.15) is 61.4 Å². The summed E-state index contributed by atoms with van der Waals surface area (Å²) in [6.45, 7) is 7.41. The number of nitrogens with zero attached hydrogens (tertiary/aromatic N) is 1. The van der Waals surface area contributed by atoms with Gasteiger partial charge in [0, 0.05) is 24.2 Å². The van der Waals surface area contributed by atoms with Gasteiger partial charge in [-0.2, -0.15) is 0 Å². The third kappa shape index (κ3) is 6.03. The van der Waals surface area contributed by atoms with Gasteiger partial charge in [-0.15, -0.1) is 0 Å². The molecule has 41 heavy (non-hydrogen) atoms. The minimum absolute atomic E-state index is 0.0603. The van der Waals surface area contributed by atoms with Gasteiger partial charge in [0.25, 0.3) is 0 Å². The number of para-hydroxylation sites is 1. The molecule has 2 aliphatic heterocycles. The first-order valence-corrected chi connectivity index (χ1v) is 14.4. The van der Waals surface area contributed by atoms with E-state index in [0.29, 0.717) is 24.7 Å². The molecular weight excluding hydrogens is 520 g/mol. The van der Waals surface area contributed by atoms with Gasteiger partial charge >= 0.3 is 5.97 Å². The average Bonchev–Trinajstić information content (AvgIpc) is 3.61. The van der Waals surface area contributed by atoms with Crippen LogP contribution in [0.15, 0.2) is 60.7 Å². The molecule has 3 aromatic rings. The monoisotopic (exact) mass is 558 g/mol. The molecule has 1 saturated heterocycles. The van der Waals surface area contributed by atoms with Crippen LogP contribution in [-0.2, 0) is 22.4 Å². The predicted molar refractivity (Wildman–Crippen MR) is 157 cm³/mol. The Morgan fingerprint density at radius 3 is 2.29 bits per heavy atom. The van der Waals surface area contributed by atoms with Crippen molar-refractivity contribution in [3.05, 3.63) is 82.9 Å². The number of carboxylic acid groups (broad SMARTS) is 1. The SMILES string of the molecule is CCCOc1ccc([C@@H]2[C@@H](C(=O)O)[C@H](c3ccc4c(c3)OCO4)CN2CC(=O)Nc2c(CC)cccc2CC)cc1. The minimum Gasteiger partial charge on any atom is -0.494 e. The lowest BCUT2D eigenvalue weighted by Gasteiger charge is -2.27. The normalized spacial score (nSPS) is 19.7. The summed E-state index contributed by atoms with van der Waals surface area (Å²) < 4.78 is 16.8. The Kier molecular flexibility index (Phi) is 8.78. The van der Waals surface area contributed by atoms with E-state index in [1.54, 1.807) is 0 Å². The van der Waals surface area contributed by atoms with E-state index in [1.807, 2.05) is 72.5 Å². The topological polar surface area (TPSA) is 97.3 Å². The summed E-state index contributed by atoms with van der Waals surface area (Å²) in [5, 5.41) is 13.7. The minimum atomic E-state index is -0.906. The molecular formula is C33H38N2O6. The number of nitrogens with one attached hydrogen (secondary N) is 1. The molecule has 2 N–H and O–H groups in total. The Morgan fingerprint density at radius 2 is 1.63 bits per heavy atom. The van der Waals surface area contributed by atoms with E-state index in [2.05, 4.69) is 19.2 Å². The first-order chi connectivity index (χ1) is 19.9. The Balaban J connectivity index is 1.47. The number of carbonyl (C=O) groups excluding carboxylic acids is 1. The van der Waals surface area contributed by atoms with E-state index >= 15 is 0 Å². The quantitative estimate of drug-likeness (QED) is 0.307. The number of aliphatic carboxylic acids is 1. The third-order valence-electron chi connectivity index (χ3n) is 8.01. The number of rotatable bonds is 11. The van der Waals surface area contributed by atoms with E-state index < -0.39 is 17.9 Å². The second-order valence-electron chi connectivity index (χ2n) is 10.6. The Bertz CT molecular complexity index is 1370. The molecule has 0 radical (unpaired) electrons. The second kappa shape index (κ2) is 12.6. The van der Waals surface area contributed by atoms with Gasteiger partial charge in [-0.1, -0.05) is 57.2 Å². The summed E-state index contributed by atoms with van der Waals surface area (Å²) in [5.74, 6) is -0.207. The summed E-state index contributed by atoms with van der Waals surface area (Å²) in [6.07, 6.45) is 2.50. The zero-order chi connectivity index (χ0) is 28.9. The molecule has 1 fully saturated rings. The van der Waals surface area contributed by atoms with Crippen molar-refractivity contribution >= 4 is 17.6 Å². The molecule has 0 unspecified atom stereocenters. The van der Waals surface area contributed by atoms with Crippen LogP contribution in [0.25, 0.3) is 0 Å². The number of amides is 1. The lowest BCUT2D eigenvalue weighted by Crippen LogP contribution is -2.35. The highest BCUT2D eigenvalue weighted by molar-refractivity contribution is 5.94. The molecule has 8 heteroatoms. The molecule has 5 rings (SSSR count). The van der Waals surface area contributed by atoms with Gasteiger partial charge in [-0.3, -0.25) is 14.5 Å². The number of hydrogen-bond donors (Lipinski definition) is 2. The molecule has 0 spiro atoms. The fraction of sp³-hybridized carbons (Fsp3) is 0.394. The van der Waals surface area contributed by atoms with Gasteiger partial charge in [-0.25, -0.2) is 0 Å². The molecule has 0 bridgehead atoms. The van der Waals surface area contributed by atoms with Crippen molar-refractivity contribution in [2.24, 2.45) is 5.92 Å². The van der Waals surface area contributed by atoms with Crippen LogP contribution >= 0.6 is 0 Å². The summed E-state index contributed by atoms with van der Waals surface area (Å²) in [4.78, 5) is 28.5. The summed E-state index contributed by atoms with van der Waals surface area (Å²) >= 11 is 0. The number of ether oxygens (including phenoxy) is 3. The van der Waals surface area contributed by atoms with Crippen molar-refractivity contribution in [3.63, 3.8) is 0 Å². The molecule has 216 valence electrons. The highest BCUT2D eigenvalue weighted by Gasteiger charge is 2.48. The smallest absolute Gasteiger partial charge is 0.309 e. The lowest BCUT2D eigenvalue weighted by atomic mass is 9.82. The third-order valence-corrected chi connectivity index (χ3v) is 8.01. The number of hydrogen-bond acceptors (Lipinski definition) is 6. The van der Waals surface area contributed by atoms with Crippen molar-refractivity contribution < 1.29 is 28.9 Å². The van der Waals surface area contributed by atoms with Crippen molar-refractivity contribution in [2.75, 3.05) is 31.8 Å². The summed E-state index contributed by atoms with van der Waals surface area (Å²) in [5.41, 5.74) is 4.71. The van der Waals surface area contributed by atoms with Crippen LogP contribution in [0, 0.1) is 5.92 Å². The van der Waals surface area contributed by atoms with Gasteiger partial charge < -0.3 is 24.6 Å². The molecule has 8 nitrogen and oxygen atoms in total. The van der Waals surface area contributed by atoms with E-state index in [9.17, 15) is 14.7 Å². The van der Waals surface area contributed by atoms with Crippen molar-refractivity contribution in [1.29, 1.82) is 0 Å². The van der Waals surface area contributed by atoms with Gasteiger partial charge in [0.15, 0.2) is 11.5 Å². The maximum atomic E-state index is 13.6. The highest BCUT2D eigenvalue weighted by atomic mass is 16.7. The van der Waals surface area contributed by atoms with Crippen molar-refractivity contribution in [1.82, 2.24) is 4.90 Å². The van der Waals surface area contributed by atoms with E-state index in [1.165, 1.54) is 0 Å². The number of likely N-dealkylation sites (tertiary alicyclic amines) is 1. The van der Waals surface area contributed by atoms with Gasteiger partial charge in [0.2, 0.25) is 12.7 Å². The van der Waals surface area contributed by atoms with Gasteiger partial charge in [-0.05, 0) is 65.8 Å². The molecule has 0 aromatic heterocycles. The zero-order valence-corrected chi connectivity index (χ0v) is 23.9. The standard InChI is InChI=1S/C33H38N2O6/c1-4-16-39-25-13-10-23(11-14-25)32-30(33(37)38)26(24-12-15-27-28(17-24)41-20-40-27)18-35(32)19-29(36)34-31-21(5-2)8-7-9-22(31)6-3/h7-15,17,26,30,32H,4-6,16,18-20H2,1-3H3,(H,34,36)(H,37,38)/t26-,30-,32+/m0/s1. The number of aryl methyl sites for hydroxylation is 2. The number of anilines is 1. The number of carbonyl (C=O) groups is 2. The fourth-order valence-corrected chi connectivity index (χ4v) is 6.02. The molecule has 0 aliphatic carbocycles. The lowest BCUT2D eigenvalue weighted by molar-refractivity contribution is -0.143. The molecule has 2 heterocycles. The van der Waals surface area contributed by atoms with Crippen LogP contribution in [0.5, 0.6) is 17.2 Å². The summed E-state index contributed by atoms with van der Waals surface area (Å²) in [7, 11) is 0. The highest BCUT2D eigenvalue weighted by Crippen LogP contribution is 2.47. The molecule has 3 aromatic carbocycles. The van der Waals surface area contributed by atoms with E-state index in [4.69, 9.17) is 14.2 Å². The van der Waals surface area contributed by atoms with E-state index in [0.717, 1.165) is 53.0 Å². The Labute approximate surface area is 241 Å². The first kappa shape index (κ1) is 28.5. The average molecular weight is 559 g/mol. The number of benzene rings is 3. The van der Waals surface area contributed by atoms with Crippen LogP contribution in [0.3, 0.4) is 0 Å². The van der Waals surface area contributed by atoms with Crippen molar-refractivity contribution in [3.8, 4) is 17.2 Å². The largest absolute Gasteiger partial charge is 0.494 e. The Hall–Kier alpha value is -4.04. The molecule has 0 saturated carbocycles. The number of fused-ring (bicyclic) bond motifs is 1. The Morgan fingerprint density at radius 1 is 0.951 bits per heavy atom. The van der Waals surface area contributed by atoms with Crippen molar-refractivity contribution in [2.45, 2.75) is 52.0 Å². The number of carboxylic acids is 1. The van der Waals surface area contributed by atoms with Crippen LogP contribution in [-0.4, -0.2) is 48.4 Å². The first-order valence-electron chi connectivity index (χ1n) is 14.4.